The normalized spacial score (nSPS) is 12.3. The molecule has 0 heterocycles. The standard InChI is InChI=1S/C20H26N2O4S/c1-14-6-7-15(2)19(12-14)22(27(5,24)25)13-20(23)21-16(3)17-8-10-18(26-4)11-9-17/h6-12,16H,13H2,1-5H3,(H,21,23). The smallest absolute Gasteiger partial charge is 0.241 e. The Morgan fingerprint density at radius 1 is 1.15 bits per heavy atom. The summed E-state index contributed by atoms with van der Waals surface area (Å²) in [6.07, 6.45) is 1.11. The van der Waals surface area contributed by atoms with Crippen molar-refractivity contribution in [1.82, 2.24) is 5.32 Å². The fourth-order valence-electron chi connectivity index (χ4n) is 2.76. The Hall–Kier alpha value is -2.54. The van der Waals surface area contributed by atoms with Crippen LogP contribution in [0.2, 0.25) is 0 Å². The van der Waals surface area contributed by atoms with Crippen LogP contribution in [0.5, 0.6) is 5.75 Å². The number of ether oxygens (including phenoxy) is 1. The van der Waals surface area contributed by atoms with E-state index in [-0.39, 0.29) is 18.5 Å². The summed E-state index contributed by atoms with van der Waals surface area (Å²) in [5.41, 5.74) is 3.14. The summed E-state index contributed by atoms with van der Waals surface area (Å²) >= 11 is 0. The molecular formula is C20H26N2O4S. The lowest BCUT2D eigenvalue weighted by atomic mass is 10.1. The van der Waals surface area contributed by atoms with Gasteiger partial charge in [-0.2, -0.15) is 0 Å². The second-order valence-electron chi connectivity index (χ2n) is 6.62. The molecule has 0 fully saturated rings. The van der Waals surface area contributed by atoms with Gasteiger partial charge in [-0.15, -0.1) is 0 Å². The summed E-state index contributed by atoms with van der Waals surface area (Å²) < 4.78 is 30.9. The zero-order chi connectivity index (χ0) is 20.2. The van der Waals surface area contributed by atoms with Crippen LogP contribution in [-0.4, -0.2) is 34.2 Å². The number of hydrogen-bond acceptors (Lipinski definition) is 4. The third kappa shape index (κ3) is 5.47. The lowest BCUT2D eigenvalue weighted by molar-refractivity contribution is -0.120. The van der Waals surface area contributed by atoms with E-state index in [0.29, 0.717) is 5.69 Å². The second kappa shape index (κ2) is 8.43. The Morgan fingerprint density at radius 3 is 2.33 bits per heavy atom. The molecule has 0 aliphatic heterocycles. The van der Waals surface area contributed by atoms with Crippen LogP contribution in [0, 0.1) is 13.8 Å². The zero-order valence-corrected chi connectivity index (χ0v) is 17.1. The second-order valence-corrected chi connectivity index (χ2v) is 8.53. The maximum absolute atomic E-state index is 12.5. The SMILES string of the molecule is COc1ccc(C(C)NC(=O)CN(c2cc(C)ccc2C)S(C)(=O)=O)cc1. The maximum Gasteiger partial charge on any atom is 0.241 e. The van der Waals surface area contributed by atoms with E-state index in [1.165, 1.54) is 0 Å². The van der Waals surface area contributed by atoms with Crippen LogP contribution in [0.3, 0.4) is 0 Å². The monoisotopic (exact) mass is 390 g/mol. The highest BCUT2D eigenvalue weighted by atomic mass is 32.2. The lowest BCUT2D eigenvalue weighted by Crippen LogP contribution is -2.41. The molecule has 2 rings (SSSR count). The van der Waals surface area contributed by atoms with Gasteiger partial charge in [-0.05, 0) is 55.7 Å². The molecule has 0 saturated carbocycles. The number of aryl methyl sites for hydroxylation is 2. The van der Waals surface area contributed by atoms with Crippen LogP contribution < -0.4 is 14.4 Å². The van der Waals surface area contributed by atoms with Crippen LogP contribution in [-0.2, 0) is 14.8 Å². The molecule has 27 heavy (non-hydrogen) atoms. The number of benzene rings is 2. The summed E-state index contributed by atoms with van der Waals surface area (Å²) in [6, 6.07) is 12.6. The van der Waals surface area contributed by atoms with Crippen molar-refractivity contribution in [3.63, 3.8) is 0 Å². The number of carbonyl (C=O) groups is 1. The minimum atomic E-state index is -3.61. The minimum absolute atomic E-state index is 0.261. The van der Waals surface area contributed by atoms with E-state index >= 15 is 0 Å². The molecule has 0 spiro atoms. The van der Waals surface area contributed by atoms with E-state index < -0.39 is 10.0 Å². The third-order valence-electron chi connectivity index (χ3n) is 4.31. The number of anilines is 1. The van der Waals surface area contributed by atoms with Crippen molar-refractivity contribution in [2.75, 3.05) is 24.2 Å². The average molecular weight is 391 g/mol. The molecule has 0 radical (unpaired) electrons. The van der Waals surface area contributed by atoms with E-state index in [9.17, 15) is 13.2 Å². The van der Waals surface area contributed by atoms with Crippen molar-refractivity contribution in [3.8, 4) is 5.75 Å². The number of nitrogens with one attached hydrogen (secondary N) is 1. The lowest BCUT2D eigenvalue weighted by Gasteiger charge is -2.25. The van der Waals surface area contributed by atoms with Crippen LogP contribution in [0.4, 0.5) is 5.69 Å². The van der Waals surface area contributed by atoms with Crippen LogP contribution in [0.25, 0.3) is 0 Å². The quantitative estimate of drug-likeness (QED) is 0.789. The topological polar surface area (TPSA) is 75.7 Å². The third-order valence-corrected chi connectivity index (χ3v) is 5.44. The largest absolute Gasteiger partial charge is 0.497 e. The van der Waals surface area contributed by atoms with E-state index in [1.807, 2.05) is 57.2 Å². The minimum Gasteiger partial charge on any atom is -0.497 e. The van der Waals surface area contributed by atoms with E-state index in [1.54, 1.807) is 13.2 Å². The highest BCUT2D eigenvalue weighted by Gasteiger charge is 2.23. The molecule has 0 aromatic heterocycles. The molecule has 6 nitrogen and oxygen atoms in total. The summed E-state index contributed by atoms with van der Waals surface area (Å²) in [6.45, 7) is 5.28. The van der Waals surface area contributed by atoms with Gasteiger partial charge in [-0.3, -0.25) is 9.10 Å². The van der Waals surface area contributed by atoms with Gasteiger partial charge in [0.05, 0.1) is 25.1 Å². The van der Waals surface area contributed by atoms with Crippen molar-refractivity contribution in [2.45, 2.75) is 26.8 Å². The molecule has 0 saturated heterocycles. The fourth-order valence-corrected chi connectivity index (χ4v) is 3.67. The number of amides is 1. The van der Waals surface area contributed by atoms with Crippen molar-refractivity contribution in [1.29, 1.82) is 0 Å². The molecule has 0 bridgehead atoms. The molecular weight excluding hydrogens is 364 g/mol. The molecule has 1 unspecified atom stereocenters. The van der Waals surface area contributed by atoms with Crippen molar-refractivity contribution < 1.29 is 17.9 Å². The maximum atomic E-state index is 12.5. The zero-order valence-electron chi connectivity index (χ0n) is 16.3. The Morgan fingerprint density at radius 2 is 1.78 bits per heavy atom. The van der Waals surface area contributed by atoms with Gasteiger partial charge in [0, 0.05) is 0 Å². The molecule has 146 valence electrons. The highest BCUT2D eigenvalue weighted by molar-refractivity contribution is 7.92. The number of methoxy groups -OCH3 is 1. The molecule has 0 aliphatic rings. The van der Waals surface area contributed by atoms with Crippen molar-refractivity contribution >= 4 is 21.6 Å². The Labute approximate surface area is 161 Å². The summed E-state index contributed by atoms with van der Waals surface area (Å²) in [5, 5.41) is 2.85. The van der Waals surface area contributed by atoms with Gasteiger partial charge in [-0.1, -0.05) is 24.3 Å². The highest BCUT2D eigenvalue weighted by Crippen LogP contribution is 2.24. The van der Waals surface area contributed by atoms with E-state index in [4.69, 9.17) is 4.74 Å². The molecule has 1 N–H and O–H groups in total. The van der Waals surface area contributed by atoms with Crippen LogP contribution >= 0.6 is 0 Å². The Balaban J connectivity index is 2.17. The van der Waals surface area contributed by atoms with Crippen LogP contribution in [0.15, 0.2) is 42.5 Å². The summed E-state index contributed by atoms with van der Waals surface area (Å²) in [7, 11) is -2.02. The van der Waals surface area contributed by atoms with Gasteiger partial charge in [0.2, 0.25) is 15.9 Å². The van der Waals surface area contributed by atoms with Gasteiger partial charge < -0.3 is 10.1 Å². The number of sulfonamides is 1. The van der Waals surface area contributed by atoms with Gasteiger partial charge in [-0.25, -0.2) is 8.42 Å². The molecule has 1 atom stereocenters. The first-order chi connectivity index (χ1) is 12.6. The molecule has 2 aromatic carbocycles. The van der Waals surface area contributed by atoms with E-state index in [0.717, 1.165) is 33.0 Å². The van der Waals surface area contributed by atoms with Crippen molar-refractivity contribution in [3.05, 3.63) is 59.2 Å². The molecule has 1 amide bonds. The Kier molecular flexibility index (Phi) is 6.49. The fraction of sp³-hybridized carbons (Fsp3) is 0.350. The summed E-state index contributed by atoms with van der Waals surface area (Å²) in [5.74, 6) is 0.361. The van der Waals surface area contributed by atoms with Gasteiger partial charge in [0.25, 0.3) is 0 Å². The van der Waals surface area contributed by atoms with Crippen molar-refractivity contribution in [2.24, 2.45) is 0 Å². The first-order valence-electron chi connectivity index (χ1n) is 8.60. The first kappa shape index (κ1) is 20.8. The average Bonchev–Trinajstić information content (AvgIpc) is 2.61. The van der Waals surface area contributed by atoms with Gasteiger partial charge in [0.1, 0.15) is 12.3 Å². The number of rotatable bonds is 7. The van der Waals surface area contributed by atoms with Gasteiger partial charge >= 0.3 is 0 Å². The molecule has 0 aliphatic carbocycles. The predicted molar refractivity (Wildman–Crippen MR) is 108 cm³/mol. The molecule has 7 heteroatoms. The predicted octanol–water partition coefficient (Wildman–Crippen LogP) is 2.96. The summed E-state index contributed by atoms with van der Waals surface area (Å²) in [4.78, 5) is 12.5. The van der Waals surface area contributed by atoms with E-state index in [2.05, 4.69) is 5.32 Å². The Bertz CT molecular complexity index is 908. The van der Waals surface area contributed by atoms with Gasteiger partial charge in [0.15, 0.2) is 0 Å². The molecule has 2 aromatic rings. The number of nitrogens with zero attached hydrogens (tertiary/aromatic N) is 1. The number of carbonyl (C=O) groups excluding carboxylic acids is 1. The number of hydrogen-bond donors (Lipinski definition) is 1. The van der Waals surface area contributed by atoms with Crippen LogP contribution in [0.1, 0.15) is 29.7 Å². The first-order valence-corrected chi connectivity index (χ1v) is 10.4.